The molecule has 1 spiro atoms. The first-order valence-corrected chi connectivity index (χ1v) is 11.4. The van der Waals surface area contributed by atoms with Crippen LogP contribution < -0.4 is 10.6 Å². The number of carbonyl (C=O) groups is 2. The fraction of sp³-hybridized carbons (Fsp3) is 0.400. The molecule has 30 heavy (non-hydrogen) atoms. The number of thiazole rings is 1. The van der Waals surface area contributed by atoms with Gasteiger partial charge in [-0.25, -0.2) is 4.52 Å². The molecule has 0 unspecified atom stereocenters. The largest absolute Gasteiger partial charge is 0.324 e. The second kappa shape index (κ2) is 7.44. The van der Waals surface area contributed by atoms with Gasteiger partial charge in [0.15, 0.2) is 0 Å². The van der Waals surface area contributed by atoms with E-state index in [4.69, 9.17) is 0 Å². The van der Waals surface area contributed by atoms with E-state index in [9.17, 15) is 9.59 Å². The summed E-state index contributed by atoms with van der Waals surface area (Å²) in [5.74, 6) is -0.322. The smallest absolute Gasteiger partial charge is 0.260 e. The number of rotatable bonds is 5. The highest BCUT2D eigenvalue weighted by molar-refractivity contribution is 9.11. The highest BCUT2D eigenvalue weighted by Crippen LogP contribution is 2.52. The summed E-state index contributed by atoms with van der Waals surface area (Å²) in [6.07, 6.45) is 8.76. The fourth-order valence-corrected chi connectivity index (χ4v) is 5.42. The van der Waals surface area contributed by atoms with Crippen molar-refractivity contribution in [3.8, 4) is 0 Å². The molecule has 1 saturated carbocycles. The molecule has 3 aromatic heterocycles. The van der Waals surface area contributed by atoms with Gasteiger partial charge in [0.25, 0.3) is 5.91 Å². The van der Waals surface area contributed by atoms with Crippen LogP contribution in [0.2, 0.25) is 0 Å². The molecule has 1 saturated heterocycles. The van der Waals surface area contributed by atoms with Gasteiger partial charge in [0.2, 0.25) is 5.91 Å². The van der Waals surface area contributed by atoms with E-state index in [2.05, 4.69) is 41.5 Å². The average molecular weight is 489 g/mol. The number of halogens is 1. The lowest BCUT2D eigenvalue weighted by Gasteiger charge is -2.16. The fourth-order valence-electron chi connectivity index (χ4n) is 3.98. The zero-order chi connectivity index (χ0) is 20.9. The van der Waals surface area contributed by atoms with E-state index in [1.165, 1.54) is 30.6 Å². The molecule has 5 rings (SSSR count). The number of fused-ring (bicyclic) bond motifs is 1. The number of nitrogens with zero attached hydrogens (tertiary/aromatic N) is 4. The summed E-state index contributed by atoms with van der Waals surface area (Å²) >= 11 is 4.85. The Balaban J connectivity index is 1.26. The first kappa shape index (κ1) is 19.7. The number of carbonyl (C=O) groups excluding carboxylic acids is 2. The lowest BCUT2D eigenvalue weighted by molar-refractivity contribution is -0.117. The van der Waals surface area contributed by atoms with Gasteiger partial charge in [0.1, 0.15) is 4.83 Å². The number of aromatic nitrogens is 3. The van der Waals surface area contributed by atoms with Crippen LogP contribution in [-0.4, -0.2) is 50.9 Å². The van der Waals surface area contributed by atoms with Gasteiger partial charge in [-0.1, -0.05) is 0 Å². The molecule has 0 atom stereocenters. The van der Waals surface area contributed by atoms with Crippen LogP contribution in [0.1, 0.15) is 35.3 Å². The number of hydrogen-bond donors (Lipinski definition) is 2. The minimum atomic E-state index is -0.264. The van der Waals surface area contributed by atoms with Crippen LogP contribution in [0.5, 0.6) is 0 Å². The van der Waals surface area contributed by atoms with E-state index in [0.717, 1.165) is 21.7 Å². The predicted molar refractivity (Wildman–Crippen MR) is 119 cm³/mol. The average Bonchev–Trinajstić information content (AvgIpc) is 2.97. The van der Waals surface area contributed by atoms with Gasteiger partial charge in [-0.05, 0) is 60.1 Å². The van der Waals surface area contributed by atoms with E-state index < -0.39 is 0 Å². The van der Waals surface area contributed by atoms with Crippen molar-refractivity contribution in [2.75, 3.05) is 30.3 Å². The highest BCUT2D eigenvalue weighted by Gasteiger charge is 2.47. The monoisotopic (exact) mass is 488 g/mol. The topological polar surface area (TPSA) is 91.6 Å². The van der Waals surface area contributed by atoms with Crippen molar-refractivity contribution >= 4 is 55.3 Å². The summed E-state index contributed by atoms with van der Waals surface area (Å²) in [7, 11) is 0. The molecule has 8 nitrogen and oxygen atoms in total. The van der Waals surface area contributed by atoms with Crippen molar-refractivity contribution in [3.05, 3.63) is 39.7 Å². The van der Waals surface area contributed by atoms with Crippen LogP contribution in [-0.2, 0) is 4.79 Å². The Morgan fingerprint density at radius 3 is 2.87 bits per heavy atom. The van der Waals surface area contributed by atoms with Crippen molar-refractivity contribution in [2.24, 2.45) is 5.41 Å². The van der Waals surface area contributed by atoms with E-state index in [1.807, 2.05) is 13.1 Å². The third-order valence-corrected chi connectivity index (χ3v) is 7.46. The third-order valence-electron chi connectivity index (χ3n) is 5.87. The molecule has 0 radical (unpaired) electrons. The SMILES string of the molecule is Cc1ncc(NC(=O)CN2CCC3(CC3)C2)cc1NC(=O)c1cnn2cc(Br)sc12. The molecule has 3 aromatic rings. The molecule has 0 aromatic carbocycles. The zero-order valence-corrected chi connectivity index (χ0v) is 18.8. The number of nitrogens with one attached hydrogen (secondary N) is 2. The Morgan fingerprint density at radius 2 is 2.10 bits per heavy atom. The lowest BCUT2D eigenvalue weighted by Crippen LogP contribution is -2.31. The second-order valence-corrected chi connectivity index (χ2v) is 10.6. The Kier molecular flexibility index (Phi) is 4.87. The van der Waals surface area contributed by atoms with Crippen LogP contribution in [0, 0.1) is 12.3 Å². The van der Waals surface area contributed by atoms with Crippen molar-refractivity contribution in [2.45, 2.75) is 26.2 Å². The summed E-state index contributed by atoms with van der Waals surface area (Å²) in [5.41, 5.74) is 2.79. The Hall–Kier alpha value is -2.30. The van der Waals surface area contributed by atoms with Crippen molar-refractivity contribution in [3.63, 3.8) is 0 Å². The number of aryl methyl sites for hydroxylation is 1. The van der Waals surface area contributed by atoms with E-state index in [1.54, 1.807) is 23.0 Å². The molecule has 1 aliphatic carbocycles. The Morgan fingerprint density at radius 1 is 1.27 bits per heavy atom. The van der Waals surface area contributed by atoms with Crippen LogP contribution in [0.15, 0.2) is 28.4 Å². The lowest BCUT2D eigenvalue weighted by atomic mass is 10.1. The molecule has 4 heterocycles. The Bertz CT molecular complexity index is 1150. The van der Waals surface area contributed by atoms with Gasteiger partial charge in [0, 0.05) is 6.54 Å². The Labute approximate surface area is 185 Å². The quantitative estimate of drug-likeness (QED) is 0.572. The van der Waals surface area contributed by atoms with E-state index in [-0.39, 0.29) is 11.8 Å². The minimum absolute atomic E-state index is 0.0580. The third kappa shape index (κ3) is 3.86. The molecule has 0 bridgehead atoms. The highest BCUT2D eigenvalue weighted by atomic mass is 79.9. The zero-order valence-electron chi connectivity index (χ0n) is 16.4. The number of pyridine rings is 1. The van der Waals surface area contributed by atoms with Crippen molar-refractivity contribution in [1.29, 1.82) is 0 Å². The molecule has 156 valence electrons. The van der Waals surface area contributed by atoms with Crippen LogP contribution in [0.3, 0.4) is 0 Å². The summed E-state index contributed by atoms with van der Waals surface area (Å²) in [4.78, 5) is 32.6. The number of likely N-dealkylation sites (tertiary alicyclic amines) is 1. The molecular formula is C20H21BrN6O2S. The molecule has 1 aliphatic heterocycles. The van der Waals surface area contributed by atoms with Crippen LogP contribution in [0.25, 0.3) is 4.83 Å². The summed E-state index contributed by atoms with van der Waals surface area (Å²) in [6.45, 7) is 4.21. The first-order chi connectivity index (χ1) is 14.4. The molecule has 10 heteroatoms. The van der Waals surface area contributed by atoms with Crippen LogP contribution in [0.4, 0.5) is 11.4 Å². The van der Waals surface area contributed by atoms with E-state index in [0.29, 0.717) is 34.6 Å². The maximum atomic E-state index is 12.8. The second-order valence-electron chi connectivity index (χ2n) is 8.16. The van der Waals surface area contributed by atoms with Gasteiger partial charge in [0.05, 0.1) is 51.6 Å². The number of amides is 2. The number of hydrogen-bond acceptors (Lipinski definition) is 6. The van der Waals surface area contributed by atoms with Gasteiger partial charge in [-0.3, -0.25) is 19.5 Å². The summed E-state index contributed by atoms with van der Waals surface area (Å²) in [5, 5.41) is 10.0. The normalized spacial score (nSPS) is 17.5. The first-order valence-electron chi connectivity index (χ1n) is 9.84. The van der Waals surface area contributed by atoms with E-state index >= 15 is 0 Å². The van der Waals surface area contributed by atoms with Gasteiger partial charge in [-0.15, -0.1) is 11.3 Å². The molecule has 2 aliphatic rings. The minimum Gasteiger partial charge on any atom is -0.324 e. The molecule has 2 N–H and O–H groups in total. The summed E-state index contributed by atoms with van der Waals surface area (Å²) in [6, 6.07) is 1.75. The van der Waals surface area contributed by atoms with Crippen LogP contribution >= 0.6 is 27.3 Å². The maximum Gasteiger partial charge on any atom is 0.260 e. The predicted octanol–water partition coefficient (Wildman–Crippen LogP) is 3.54. The molecule has 2 amide bonds. The van der Waals surface area contributed by atoms with Crippen molar-refractivity contribution < 1.29 is 9.59 Å². The number of anilines is 2. The standard InChI is InChI=1S/C20H21BrN6O2S/c1-12-15(25-18(29)14-8-23-27-9-16(21)30-19(14)27)6-13(7-22-12)24-17(28)10-26-5-4-20(11-26)2-3-20/h6-9H,2-5,10-11H2,1H3,(H,24,28)(H,25,29). The molecule has 2 fully saturated rings. The van der Waals surface area contributed by atoms with Gasteiger partial charge >= 0.3 is 0 Å². The molecular weight excluding hydrogens is 468 g/mol. The van der Waals surface area contributed by atoms with Gasteiger partial charge < -0.3 is 10.6 Å². The summed E-state index contributed by atoms with van der Waals surface area (Å²) < 4.78 is 2.56. The maximum absolute atomic E-state index is 12.8. The van der Waals surface area contributed by atoms with Crippen molar-refractivity contribution in [1.82, 2.24) is 19.5 Å². The van der Waals surface area contributed by atoms with Gasteiger partial charge in [-0.2, -0.15) is 5.10 Å².